The Morgan fingerprint density at radius 3 is 2.12 bits per heavy atom. The Morgan fingerprint density at radius 2 is 1.66 bits per heavy atom. The zero-order chi connectivity index (χ0) is 24.5. The highest BCUT2D eigenvalue weighted by Gasteiger charge is 2.55. The van der Waals surface area contributed by atoms with Crippen LogP contribution in [0.1, 0.15) is 6.92 Å². The van der Waals surface area contributed by atoms with Crippen LogP contribution in [0.2, 0.25) is 10.0 Å². The number of aliphatic hydroxyl groups excluding tert-OH is 1. The van der Waals surface area contributed by atoms with E-state index in [-0.39, 0.29) is 44.7 Å². The number of carbonyl (C=O) groups excluding carboxylic acids is 1. The zero-order valence-corrected chi connectivity index (χ0v) is 19.3. The highest BCUT2D eigenvalue weighted by atomic mass is 35.5. The van der Waals surface area contributed by atoms with Gasteiger partial charge in [0.05, 0.1) is 32.1 Å². The predicted octanol–water partition coefficient (Wildman–Crippen LogP) is 3.18. The summed E-state index contributed by atoms with van der Waals surface area (Å²) in [6.07, 6.45) is -5.25. The summed E-state index contributed by atoms with van der Waals surface area (Å²) in [5.74, 6) is -1.89. The van der Waals surface area contributed by atoms with Gasteiger partial charge in [-0.05, 0) is 54.5 Å². The van der Waals surface area contributed by atoms with Crippen LogP contribution in [0.4, 0.5) is 18.9 Å². The Balaban J connectivity index is 2.34. The fourth-order valence-electron chi connectivity index (χ4n) is 2.30. The standard InChI is InChI=1S/C18H16Cl2F3NO6S2/c1-17(27,18(21,22)23)16(26)24-14-4-2-10(8-12(14)19)32(29,30)11-3-5-15(13(20)9-11)31(28)7-6-25/h2-5,8-9,25,27H,6-7H2,1H3,(H,24,26)/t17-,31?/m1/s1. The molecule has 0 aliphatic heterocycles. The van der Waals surface area contributed by atoms with Crippen LogP contribution in [0.15, 0.2) is 51.1 Å². The maximum Gasteiger partial charge on any atom is 0.426 e. The van der Waals surface area contributed by atoms with Gasteiger partial charge in [-0.3, -0.25) is 4.79 Å². The van der Waals surface area contributed by atoms with Gasteiger partial charge in [0.2, 0.25) is 15.4 Å². The average molecular weight is 534 g/mol. The molecule has 0 aromatic heterocycles. The van der Waals surface area contributed by atoms with Crippen LogP contribution in [0, 0.1) is 0 Å². The van der Waals surface area contributed by atoms with E-state index in [9.17, 15) is 36.0 Å². The van der Waals surface area contributed by atoms with E-state index in [1.807, 2.05) is 0 Å². The normalized spacial score (nSPS) is 15.2. The van der Waals surface area contributed by atoms with Gasteiger partial charge in [-0.15, -0.1) is 0 Å². The highest BCUT2D eigenvalue weighted by Crippen LogP contribution is 2.34. The van der Waals surface area contributed by atoms with Gasteiger partial charge in [0, 0.05) is 0 Å². The van der Waals surface area contributed by atoms with Crippen LogP contribution in [0.25, 0.3) is 0 Å². The van der Waals surface area contributed by atoms with Gasteiger partial charge in [-0.25, -0.2) is 8.42 Å². The highest BCUT2D eigenvalue weighted by molar-refractivity contribution is 7.92. The topological polar surface area (TPSA) is 127 Å². The molecule has 7 nitrogen and oxygen atoms in total. The molecule has 2 aromatic carbocycles. The van der Waals surface area contributed by atoms with Crippen molar-refractivity contribution in [1.82, 2.24) is 0 Å². The second-order valence-electron chi connectivity index (χ2n) is 6.53. The zero-order valence-electron chi connectivity index (χ0n) is 16.1. The van der Waals surface area contributed by atoms with E-state index in [0.717, 1.165) is 30.3 Å². The van der Waals surface area contributed by atoms with Gasteiger partial charge in [0.1, 0.15) is 5.75 Å². The van der Waals surface area contributed by atoms with Crippen LogP contribution in [-0.2, 0) is 25.8 Å². The largest absolute Gasteiger partial charge is 0.611 e. The average Bonchev–Trinajstić information content (AvgIpc) is 2.68. The molecule has 0 spiro atoms. The Bertz CT molecular complexity index is 1130. The Labute approximate surface area is 194 Å². The van der Waals surface area contributed by atoms with Crippen LogP contribution >= 0.6 is 23.2 Å². The lowest BCUT2D eigenvalue weighted by molar-refractivity contribution is -0.242. The minimum absolute atomic E-state index is 0.0875. The smallest absolute Gasteiger partial charge is 0.426 e. The Kier molecular flexibility index (Phi) is 8.14. The van der Waals surface area contributed by atoms with E-state index in [0.29, 0.717) is 0 Å². The summed E-state index contributed by atoms with van der Waals surface area (Å²) in [7, 11) is -4.19. The maximum absolute atomic E-state index is 12.9. The van der Waals surface area contributed by atoms with Gasteiger partial charge >= 0.3 is 6.18 Å². The third kappa shape index (κ3) is 5.50. The molecule has 14 heteroatoms. The lowest BCUT2D eigenvalue weighted by atomic mass is 10.1. The molecule has 0 aliphatic carbocycles. The SMILES string of the molecule is C[C@@](O)(C(=O)Nc1ccc(S(=O)(=O)c2ccc([S+]([O-])CCO)c(Cl)c2)cc1Cl)C(F)(F)F. The molecule has 0 saturated heterocycles. The summed E-state index contributed by atoms with van der Waals surface area (Å²) in [6, 6.07) is 6.30. The van der Waals surface area contributed by atoms with Crippen molar-refractivity contribution in [2.45, 2.75) is 33.4 Å². The number of anilines is 1. The number of amides is 1. The van der Waals surface area contributed by atoms with Gasteiger partial charge < -0.3 is 20.1 Å². The molecule has 0 aliphatic rings. The van der Waals surface area contributed by atoms with E-state index in [1.165, 1.54) is 6.07 Å². The van der Waals surface area contributed by atoms with Crippen molar-refractivity contribution in [2.24, 2.45) is 0 Å². The molecular weight excluding hydrogens is 518 g/mol. The summed E-state index contributed by atoms with van der Waals surface area (Å²) in [6.45, 7) is -0.0984. The number of benzene rings is 2. The van der Waals surface area contributed by atoms with Crippen molar-refractivity contribution in [3.63, 3.8) is 0 Å². The third-order valence-electron chi connectivity index (χ3n) is 4.23. The van der Waals surface area contributed by atoms with Crippen molar-refractivity contribution in [3.8, 4) is 0 Å². The van der Waals surface area contributed by atoms with E-state index in [2.05, 4.69) is 0 Å². The van der Waals surface area contributed by atoms with E-state index >= 15 is 0 Å². The van der Waals surface area contributed by atoms with Crippen molar-refractivity contribution < 1.29 is 41.1 Å². The van der Waals surface area contributed by atoms with Crippen molar-refractivity contribution in [1.29, 1.82) is 0 Å². The number of aliphatic hydroxyl groups is 2. The summed E-state index contributed by atoms with van der Waals surface area (Å²) in [4.78, 5) is 11.3. The molecule has 3 N–H and O–H groups in total. The first kappa shape index (κ1) is 26.7. The van der Waals surface area contributed by atoms with E-state index in [4.69, 9.17) is 28.3 Å². The monoisotopic (exact) mass is 533 g/mol. The molecular formula is C18H16Cl2F3NO6S2. The first-order valence-electron chi connectivity index (χ1n) is 8.57. The lowest BCUT2D eigenvalue weighted by Crippen LogP contribution is -2.52. The van der Waals surface area contributed by atoms with Crippen molar-refractivity contribution in [3.05, 3.63) is 46.4 Å². The molecule has 1 amide bonds. The molecule has 2 atom stereocenters. The molecule has 0 radical (unpaired) electrons. The van der Waals surface area contributed by atoms with Gasteiger partial charge in [0.25, 0.3) is 5.91 Å². The van der Waals surface area contributed by atoms with Gasteiger partial charge in [-0.2, -0.15) is 13.2 Å². The fourth-order valence-corrected chi connectivity index (χ4v) is 5.29. The molecule has 2 rings (SSSR count). The number of nitrogens with one attached hydrogen (secondary N) is 1. The summed E-state index contributed by atoms with van der Waals surface area (Å²) < 4.78 is 76.0. The molecule has 0 heterocycles. The minimum atomic E-state index is -5.25. The molecule has 0 fully saturated rings. The molecule has 0 saturated carbocycles. The molecule has 176 valence electrons. The third-order valence-corrected chi connectivity index (χ3v) is 8.12. The second kappa shape index (κ2) is 9.75. The minimum Gasteiger partial charge on any atom is -0.611 e. The quantitative estimate of drug-likeness (QED) is 0.469. The molecule has 1 unspecified atom stereocenters. The number of hydrogen-bond acceptors (Lipinski definition) is 6. The fraction of sp³-hybridized carbons (Fsp3) is 0.278. The number of alkyl halides is 3. The number of halogens is 5. The Morgan fingerprint density at radius 1 is 1.12 bits per heavy atom. The second-order valence-corrected chi connectivity index (χ2v) is 10.8. The van der Waals surface area contributed by atoms with E-state index < -0.39 is 43.7 Å². The maximum atomic E-state index is 12.9. The summed E-state index contributed by atoms with van der Waals surface area (Å²) >= 11 is 10.3. The Hall–Kier alpha value is -1.54. The predicted molar refractivity (Wildman–Crippen MR) is 112 cm³/mol. The number of rotatable bonds is 7. The first-order valence-corrected chi connectivity index (χ1v) is 12.1. The number of hydrogen-bond donors (Lipinski definition) is 3. The summed E-state index contributed by atoms with van der Waals surface area (Å²) in [5, 5.41) is 19.6. The van der Waals surface area contributed by atoms with Crippen LogP contribution < -0.4 is 5.32 Å². The number of sulfone groups is 1. The lowest BCUT2D eigenvalue weighted by Gasteiger charge is -2.25. The molecule has 32 heavy (non-hydrogen) atoms. The number of carbonyl (C=O) groups is 1. The molecule has 2 aromatic rings. The molecule has 0 bridgehead atoms. The summed E-state index contributed by atoms with van der Waals surface area (Å²) in [5.41, 5.74) is -4.05. The van der Waals surface area contributed by atoms with Gasteiger partial charge in [-0.1, -0.05) is 23.2 Å². The van der Waals surface area contributed by atoms with E-state index in [1.54, 1.807) is 5.32 Å². The first-order chi connectivity index (χ1) is 14.6. The van der Waals surface area contributed by atoms with Crippen LogP contribution in [0.3, 0.4) is 0 Å². The van der Waals surface area contributed by atoms with Crippen molar-refractivity contribution >= 4 is 55.8 Å². The van der Waals surface area contributed by atoms with Crippen molar-refractivity contribution in [2.75, 3.05) is 17.7 Å². The van der Waals surface area contributed by atoms with Crippen LogP contribution in [0.5, 0.6) is 0 Å². The van der Waals surface area contributed by atoms with Gasteiger partial charge in [0.15, 0.2) is 4.90 Å². The van der Waals surface area contributed by atoms with Crippen LogP contribution in [-0.4, -0.2) is 53.2 Å².